The lowest BCUT2D eigenvalue weighted by Crippen LogP contribution is -2.57. The molecule has 0 spiro atoms. The molecule has 4 atom stereocenters. The minimum absolute atomic E-state index is 0.0606. The zero-order chi connectivity index (χ0) is 25.3. The Morgan fingerprint density at radius 2 is 1.58 bits per heavy atom. The fraction of sp³-hybridized carbons (Fsp3) is 0.611. The number of hydrogen-bond acceptors (Lipinski definition) is 8. The van der Waals surface area contributed by atoms with Gasteiger partial charge in [0, 0.05) is 13.0 Å². The van der Waals surface area contributed by atoms with Crippen LogP contribution in [0.2, 0.25) is 0 Å². The molecule has 0 aromatic heterocycles. The third-order valence-electron chi connectivity index (χ3n) is 4.85. The molecule has 0 aliphatic carbocycles. The van der Waals surface area contributed by atoms with Crippen molar-refractivity contribution in [3.63, 3.8) is 0 Å². The van der Waals surface area contributed by atoms with E-state index in [0.717, 1.165) is 4.90 Å². The number of aliphatic carboxylic acids is 3. The number of carbonyl (C=O) groups excluding carboxylic acids is 4. The summed E-state index contributed by atoms with van der Waals surface area (Å²) >= 11 is 0. The lowest BCUT2D eigenvalue weighted by molar-refractivity contribution is -0.146. The highest BCUT2D eigenvalue weighted by Crippen LogP contribution is 2.20. The molecule has 1 saturated heterocycles. The van der Waals surface area contributed by atoms with E-state index in [1.165, 1.54) is 0 Å². The van der Waals surface area contributed by atoms with Crippen molar-refractivity contribution in [2.45, 2.75) is 62.7 Å². The Hall–Kier alpha value is -3.75. The number of rotatable bonds is 13. The Bertz CT molecular complexity index is 816. The maximum atomic E-state index is 13.0. The third kappa shape index (κ3) is 8.72. The fourth-order valence-corrected chi connectivity index (χ4v) is 3.26. The van der Waals surface area contributed by atoms with Crippen molar-refractivity contribution in [1.29, 1.82) is 0 Å². The standard InChI is InChI=1S/C18H27N5O10/c19-8(6-14(27)28)15(29)21-9(3-4-13(25)26)17(31)23-5-1-2-11(23)16(30)22-10(18(32)33)7-12(20)24/h8-11H,1-7,19H2,(H2,20,24)(H,21,29)(H,22,30)(H,25,26)(H,27,28)(H,32,33)/t8-,9-,10-,11-/m0/s1. The fourth-order valence-electron chi connectivity index (χ4n) is 3.26. The van der Waals surface area contributed by atoms with E-state index in [1.54, 1.807) is 0 Å². The first-order chi connectivity index (χ1) is 15.3. The molecule has 4 amide bonds. The van der Waals surface area contributed by atoms with Gasteiger partial charge >= 0.3 is 17.9 Å². The Morgan fingerprint density at radius 3 is 2.09 bits per heavy atom. The van der Waals surface area contributed by atoms with Gasteiger partial charge in [-0.2, -0.15) is 0 Å². The van der Waals surface area contributed by atoms with Gasteiger partial charge in [-0.3, -0.25) is 28.8 Å². The molecule has 1 rings (SSSR count). The second kappa shape index (κ2) is 12.3. The first-order valence-electron chi connectivity index (χ1n) is 9.95. The number of carbonyl (C=O) groups is 7. The van der Waals surface area contributed by atoms with Crippen LogP contribution in [0, 0.1) is 0 Å². The minimum atomic E-state index is -1.61. The number of nitrogens with one attached hydrogen (secondary N) is 2. The Balaban J connectivity index is 2.99. The number of hydrogen-bond donors (Lipinski definition) is 7. The molecule has 0 unspecified atom stereocenters. The van der Waals surface area contributed by atoms with Gasteiger partial charge in [0.1, 0.15) is 18.1 Å². The van der Waals surface area contributed by atoms with E-state index in [2.05, 4.69) is 10.6 Å². The van der Waals surface area contributed by atoms with Gasteiger partial charge in [-0.25, -0.2) is 4.79 Å². The summed E-state index contributed by atoms with van der Waals surface area (Å²) in [5.41, 5.74) is 10.5. The molecule has 1 heterocycles. The van der Waals surface area contributed by atoms with E-state index in [9.17, 15) is 33.6 Å². The second-order valence-electron chi connectivity index (χ2n) is 7.46. The molecule has 0 saturated carbocycles. The molecule has 0 bridgehead atoms. The average molecular weight is 473 g/mol. The predicted octanol–water partition coefficient (Wildman–Crippen LogP) is -3.43. The highest BCUT2D eigenvalue weighted by molar-refractivity contribution is 5.95. The molecule has 0 radical (unpaired) electrons. The molecule has 184 valence electrons. The number of primary amides is 1. The maximum absolute atomic E-state index is 13.0. The van der Waals surface area contributed by atoms with Crippen LogP contribution in [0.5, 0.6) is 0 Å². The van der Waals surface area contributed by atoms with Gasteiger partial charge in [-0.05, 0) is 19.3 Å². The summed E-state index contributed by atoms with van der Waals surface area (Å²) in [7, 11) is 0. The van der Waals surface area contributed by atoms with Crippen molar-refractivity contribution in [3.05, 3.63) is 0 Å². The van der Waals surface area contributed by atoms with Crippen LogP contribution in [0.4, 0.5) is 0 Å². The first kappa shape index (κ1) is 27.3. The van der Waals surface area contributed by atoms with Gasteiger partial charge in [0.15, 0.2) is 0 Å². The van der Waals surface area contributed by atoms with Gasteiger partial charge in [-0.15, -0.1) is 0 Å². The molecule has 0 aromatic carbocycles. The molecule has 1 fully saturated rings. The van der Waals surface area contributed by atoms with E-state index < -0.39 is 85.0 Å². The predicted molar refractivity (Wildman–Crippen MR) is 107 cm³/mol. The highest BCUT2D eigenvalue weighted by Gasteiger charge is 2.39. The summed E-state index contributed by atoms with van der Waals surface area (Å²) in [6.45, 7) is 0.0606. The summed E-state index contributed by atoms with van der Waals surface area (Å²) in [5.74, 6) is -7.75. The van der Waals surface area contributed by atoms with Crippen molar-refractivity contribution in [2.75, 3.05) is 6.54 Å². The SMILES string of the molecule is NC(=O)C[C@H](NC(=O)[C@@H]1CCCN1C(=O)[C@H](CCC(=O)O)NC(=O)[C@@H](N)CC(=O)O)C(=O)O. The maximum Gasteiger partial charge on any atom is 0.326 e. The Morgan fingerprint density at radius 1 is 0.939 bits per heavy atom. The van der Waals surface area contributed by atoms with Crippen LogP contribution in [0.3, 0.4) is 0 Å². The third-order valence-corrected chi connectivity index (χ3v) is 4.85. The quantitative estimate of drug-likeness (QED) is 0.138. The smallest absolute Gasteiger partial charge is 0.326 e. The summed E-state index contributed by atoms with van der Waals surface area (Å²) < 4.78 is 0. The zero-order valence-electron chi connectivity index (χ0n) is 17.6. The zero-order valence-corrected chi connectivity index (χ0v) is 17.6. The first-order valence-corrected chi connectivity index (χ1v) is 9.95. The molecule has 33 heavy (non-hydrogen) atoms. The summed E-state index contributed by atoms with van der Waals surface area (Å²) in [6.07, 6.45) is -1.76. The van der Waals surface area contributed by atoms with Crippen LogP contribution in [-0.2, 0) is 33.6 Å². The van der Waals surface area contributed by atoms with Crippen LogP contribution in [0.1, 0.15) is 38.5 Å². The number of carboxylic acids is 3. The van der Waals surface area contributed by atoms with Crippen LogP contribution < -0.4 is 22.1 Å². The van der Waals surface area contributed by atoms with Crippen molar-refractivity contribution < 1.29 is 48.9 Å². The largest absolute Gasteiger partial charge is 0.481 e. The lowest BCUT2D eigenvalue weighted by Gasteiger charge is -2.29. The monoisotopic (exact) mass is 473 g/mol. The number of carboxylic acid groups (broad SMARTS) is 3. The second-order valence-corrected chi connectivity index (χ2v) is 7.46. The van der Waals surface area contributed by atoms with Crippen LogP contribution in [0.25, 0.3) is 0 Å². The topological polar surface area (TPSA) is 260 Å². The molecule has 15 heteroatoms. The Kier molecular flexibility index (Phi) is 10.2. The van der Waals surface area contributed by atoms with Crippen LogP contribution >= 0.6 is 0 Å². The van der Waals surface area contributed by atoms with Crippen LogP contribution in [-0.4, -0.2) is 92.5 Å². The van der Waals surface area contributed by atoms with Crippen molar-refractivity contribution in [1.82, 2.24) is 15.5 Å². The molecule has 15 nitrogen and oxygen atoms in total. The molecular formula is C18H27N5O10. The summed E-state index contributed by atoms with van der Waals surface area (Å²) in [5, 5.41) is 31.2. The lowest BCUT2D eigenvalue weighted by atomic mass is 10.1. The number of nitrogens with zero attached hydrogens (tertiary/aromatic N) is 1. The number of amides is 4. The van der Waals surface area contributed by atoms with E-state index in [4.69, 9.17) is 26.8 Å². The van der Waals surface area contributed by atoms with Gasteiger partial charge in [0.2, 0.25) is 23.6 Å². The average Bonchev–Trinajstić information content (AvgIpc) is 3.18. The molecule has 1 aliphatic heterocycles. The Labute approximate surface area is 187 Å². The number of nitrogens with two attached hydrogens (primary N) is 2. The van der Waals surface area contributed by atoms with Crippen molar-refractivity contribution in [2.24, 2.45) is 11.5 Å². The highest BCUT2D eigenvalue weighted by atomic mass is 16.4. The van der Waals surface area contributed by atoms with E-state index in [0.29, 0.717) is 6.42 Å². The number of likely N-dealkylation sites (tertiary alicyclic amines) is 1. The molecular weight excluding hydrogens is 446 g/mol. The van der Waals surface area contributed by atoms with E-state index >= 15 is 0 Å². The van der Waals surface area contributed by atoms with Crippen LogP contribution in [0.15, 0.2) is 0 Å². The molecule has 9 N–H and O–H groups in total. The van der Waals surface area contributed by atoms with Gasteiger partial charge < -0.3 is 42.3 Å². The van der Waals surface area contributed by atoms with E-state index in [-0.39, 0.29) is 19.4 Å². The van der Waals surface area contributed by atoms with Gasteiger partial charge in [0.05, 0.1) is 18.9 Å². The van der Waals surface area contributed by atoms with Gasteiger partial charge in [0.25, 0.3) is 0 Å². The summed E-state index contributed by atoms with van der Waals surface area (Å²) in [6, 6.07) is -5.65. The van der Waals surface area contributed by atoms with Crippen molar-refractivity contribution in [3.8, 4) is 0 Å². The van der Waals surface area contributed by atoms with Gasteiger partial charge in [-0.1, -0.05) is 0 Å². The molecule has 1 aliphatic rings. The molecule has 0 aromatic rings. The normalized spacial score (nSPS) is 18.0. The van der Waals surface area contributed by atoms with Crippen molar-refractivity contribution >= 4 is 41.5 Å². The van der Waals surface area contributed by atoms with E-state index in [1.807, 2.05) is 0 Å². The summed E-state index contributed by atoms with van der Waals surface area (Å²) in [4.78, 5) is 82.9. The minimum Gasteiger partial charge on any atom is -0.481 e.